The van der Waals surface area contributed by atoms with Gasteiger partial charge in [-0.15, -0.1) is 13.2 Å². The van der Waals surface area contributed by atoms with Crippen molar-refractivity contribution < 1.29 is 50.5 Å². The van der Waals surface area contributed by atoms with Crippen LogP contribution in [-0.2, 0) is 9.53 Å². The third-order valence-electron chi connectivity index (χ3n) is 4.24. The molecule has 1 heterocycles. The fraction of sp³-hybridized carbons (Fsp3) is 0.368. The van der Waals surface area contributed by atoms with E-state index in [-0.39, 0.29) is 21.9 Å². The first-order chi connectivity index (χ1) is 15.2. The van der Waals surface area contributed by atoms with Crippen molar-refractivity contribution >= 4 is 17.6 Å². The van der Waals surface area contributed by atoms with Gasteiger partial charge in [-0.1, -0.05) is 11.6 Å². The summed E-state index contributed by atoms with van der Waals surface area (Å²) in [6.45, 7) is -2.83. The van der Waals surface area contributed by atoms with Gasteiger partial charge in [-0.3, -0.25) is 14.3 Å². The zero-order valence-electron chi connectivity index (χ0n) is 16.6. The molecule has 0 saturated heterocycles. The second-order valence-electron chi connectivity index (χ2n) is 6.49. The maximum Gasteiger partial charge on any atom is 0.522 e. The summed E-state index contributed by atoms with van der Waals surface area (Å²) in [5.74, 6) is -4.14. The van der Waals surface area contributed by atoms with Crippen LogP contribution in [-0.4, -0.2) is 48.9 Å². The van der Waals surface area contributed by atoms with E-state index in [4.69, 9.17) is 21.1 Å². The number of aromatic nitrogens is 1. The van der Waals surface area contributed by atoms with Crippen molar-refractivity contribution in [1.29, 1.82) is 0 Å². The number of ether oxygens (including phenoxy) is 3. The Labute approximate surface area is 186 Å². The minimum absolute atomic E-state index is 0.00933. The van der Waals surface area contributed by atoms with Crippen molar-refractivity contribution in [2.24, 2.45) is 0 Å². The molecule has 1 aromatic carbocycles. The summed E-state index contributed by atoms with van der Waals surface area (Å²) in [5.41, 5.74) is -2.13. The lowest BCUT2D eigenvalue weighted by molar-refractivity contribution is -0.325. The molecule has 0 bridgehead atoms. The Balaban J connectivity index is 2.69. The highest BCUT2D eigenvalue weighted by Gasteiger charge is 2.34. The largest absolute Gasteiger partial charge is 0.522 e. The molecule has 0 spiro atoms. The first-order valence-electron chi connectivity index (χ1n) is 8.96. The van der Waals surface area contributed by atoms with Crippen LogP contribution in [0.5, 0.6) is 11.5 Å². The van der Waals surface area contributed by atoms with Crippen molar-refractivity contribution in [3.8, 4) is 22.6 Å². The minimum atomic E-state index is -5.04. The summed E-state index contributed by atoms with van der Waals surface area (Å²) in [6.07, 6.45) is -9.55. The first kappa shape index (κ1) is 26.3. The number of hydrogen-bond donors (Lipinski definition) is 2. The number of carboxylic acids is 1. The number of nitrogens with one attached hydrogen (secondary N) is 1. The third kappa shape index (κ3) is 7.29. The average Bonchev–Trinajstić information content (AvgIpc) is 2.69. The molecule has 0 fully saturated rings. The molecule has 1 unspecified atom stereocenters. The number of pyridine rings is 1. The van der Waals surface area contributed by atoms with E-state index in [0.29, 0.717) is 0 Å². The van der Waals surface area contributed by atoms with Gasteiger partial charge in [0.25, 0.3) is 5.56 Å². The van der Waals surface area contributed by atoms with Crippen molar-refractivity contribution in [2.45, 2.75) is 24.9 Å². The molecule has 33 heavy (non-hydrogen) atoms. The normalized spacial score (nSPS) is 13.0. The number of carbonyl (C=O) groups is 1. The van der Waals surface area contributed by atoms with Crippen LogP contribution in [0, 0.1) is 0 Å². The van der Waals surface area contributed by atoms with E-state index < -0.39 is 60.9 Å². The Morgan fingerprint density at radius 2 is 1.85 bits per heavy atom. The summed E-state index contributed by atoms with van der Waals surface area (Å²) >= 11 is 5.95. The number of hydrogen-bond acceptors (Lipinski definition) is 5. The SMILES string of the molecule is COc1c[nH]c(=O)c(C(CCOC(F)(F)F)C(=O)O)c1-c1cc(Cl)ccc1OCC(F)(F)F. The second-order valence-corrected chi connectivity index (χ2v) is 6.93. The molecular formula is C19H16ClF6NO6. The Kier molecular flexibility index (Phi) is 8.25. The Bertz CT molecular complexity index is 1050. The first-order valence-corrected chi connectivity index (χ1v) is 9.34. The molecule has 0 radical (unpaired) electrons. The summed E-state index contributed by atoms with van der Waals surface area (Å²) in [5, 5.41) is 9.60. The van der Waals surface area contributed by atoms with Crippen LogP contribution in [0.3, 0.4) is 0 Å². The molecule has 0 aliphatic rings. The second kappa shape index (κ2) is 10.3. The number of H-pyrrole nitrogens is 1. The smallest absolute Gasteiger partial charge is 0.495 e. The molecular weight excluding hydrogens is 488 g/mol. The summed E-state index contributed by atoms with van der Waals surface area (Å²) in [7, 11) is 1.13. The third-order valence-corrected chi connectivity index (χ3v) is 4.47. The van der Waals surface area contributed by atoms with Gasteiger partial charge in [-0.05, 0) is 24.6 Å². The molecule has 0 amide bonds. The molecule has 2 N–H and O–H groups in total. The molecule has 1 atom stereocenters. The number of halogens is 7. The molecule has 7 nitrogen and oxygen atoms in total. The molecule has 0 aliphatic carbocycles. The van der Waals surface area contributed by atoms with Crippen LogP contribution in [0.2, 0.25) is 5.02 Å². The lowest BCUT2D eigenvalue weighted by Gasteiger charge is -2.21. The summed E-state index contributed by atoms with van der Waals surface area (Å²) in [4.78, 5) is 26.7. The molecule has 182 valence electrons. The van der Waals surface area contributed by atoms with Crippen LogP contribution in [0.1, 0.15) is 17.9 Å². The van der Waals surface area contributed by atoms with E-state index in [1.165, 1.54) is 6.07 Å². The summed E-state index contributed by atoms with van der Waals surface area (Å²) < 4.78 is 88.7. The summed E-state index contributed by atoms with van der Waals surface area (Å²) in [6, 6.07) is 3.37. The van der Waals surface area contributed by atoms with E-state index in [1.54, 1.807) is 0 Å². The van der Waals surface area contributed by atoms with Crippen LogP contribution in [0.4, 0.5) is 26.3 Å². The number of aromatic amines is 1. The number of benzene rings is 1. The van der Waals surface area contributed by atoms with Gasteiger partial charge < -0.3 is 19.6 Å². The molecule has 2 rings (SSSR count). The highest BCUT2D eigenvalue weighted by atomic mass is 35.5. The number of methoxy groups -OCH3 is 1. The maximum atomic E-state index is 12.7. The van der Waals surface area contributed by atoms with E-state index >= 15 is 0 Å². The average molecular weight is 504 g/mol. The monoisotopic (exact) mass is 503 g/mol. The Morgan fingerprint density at radius 3 is 2.39 bits per heavy atom. The van der Waals surface area contributed by atoms with Gasteiger partial charge in [0.15, 0.2) is 6.61 Å². The van der Waals surface area contributed by atoms with E-state index in [2.05, 4.69) is 9.72 Å². The number of alkyl halides is 6. The lowest BCUT2D eigenvalue weighted by atomic mass is 9.89. The van der Waals surface area contributed by atoms with Gasteiger partial charge in [0.2, 0.25) is 0 Å². The van der Waals surface area contributed by atoms with E-state index in [0.717, 1.165) is 25.4 Å². The Morgan fingerprint density at radius 1 is 1.18 bits per heavy atom. The van der Waals surface area contributed by atoms with E-state index in [9.17, 15) is 41.0 Å². The van der Waals surface area contributed by atoms with Gasteiger partial charge in [0.05, 0.1) is 19.6 Å². The van der Waals surface area contributed by atoms with Crippen molar-refractivity contribution in [3.63, 3.8) is 0 Å². The van der Waals surface area contributed by atoms with Crippen LogP contribution < -0.4 is 15.0 Å². The van der Waals surface area contributed by atoms with E-state index in [1.807, 2.05) is 0 Å². The number of aliphatic carboxylic acids is 1. The quantitative estimate of drug-likeness (QED) is 0.480. The van der Waals surface area contributed by atoms with Gasteiger partial charge in [-0.2, -0.15) is 13.2 Å². The van der Waals surface area contributed by atoms with Crippen LogP contribution >= 0.6 is 11.6 Å². The van der Waals surface area contributed by atoms with Gasteiger partial charge in [-0.25, -0.2) is 0 Å². The Hall–Kier alpha value is -2.93. The zero-order valence-corrected chi connectivity index (χ0v) is 17.4. The van der Waals surface area contributed by atoms with Crippen molar-refractivity contribution in [1.82, 2.24) is 4.98 Å². The lowest BCUT2D eigenvalue weighted by Crippen LogP contribution is -2.26. The van der Waals surface area contributed by atoms with Gasteiger partial charge in [0, 0.05) is 27.9 Å². The topological polar surface area (TPSA) is 97.9 Å². The van der Waals surface area contributed by atoms with Gasteiger partial charge in [0.1, 0.15) is 11.5 Å². The fourth-order valence-corrected chi connectivity index (χ4v) is 3.14. The van der Waals surface area contributed by atoms with Crippen molar-refractivity contribution in [2.75, 3.05) is 20.3 Å². The number of rotatable bonds is 9. The highest BCUT2D eigenvalue weighted by molar-refractivity contribution is 6.31. The molecule has 0 saturated carbocycles. The predicted octanol–water partition coefficient (Wildman–Crippen LogP) is 4.74. The molecule has 2 aromatic rings. The van der Waals surface area contributed by atoms with Crippen LogP contribution in [0.15, 0.2) is 29.2 Å². The van der Waals surface area contributed by atoms with Gasteiger partial charge >= 0.3 is 18.5 Å². The predicted molar refractivity (Wildman–Crippen MR) is 103 cm³/mol. The zero-order chi connectivity index (χ0) is 25.0. The van der Waals surface area contributed by atoms with Crippen molar-refractivity contribution in [3.05, 3.63) is 45.3 Å². The maximum absolute atomic E-state index is 12.7. The standard InChI is InChI=1S/C19H16ClF6NO6/c1-31-13-7-27-16(28)15(10(17(29)30)4-5-33-19(24,25)26)14(13)11-6-9(20)2-3-12(11)32-8-18(21,22)23/h2-3,6-7,10H,4-5,8H2,1H3,(H,27,28)(H,29,30). The molecule has 0 aliphatic heterocycles. The highest BCUT2D eigenvalue weighted by Crippen LogP contribution is 2.42. The molecule has 14 heteroatoms. The molecule has 1 aromatic heterocycles. The minimum Gasteiger partial charge on any atom is -0.495 e. The fourth-order valence-electron chi connectivity index (χ4n) is 2.97. The number of carboxylic acid groups (broad SMARTS) is 1. The van der Waals surface area contributed by atoms with Crippen LogP contribution in [0.25, 0.3) is 11.1 Å².